The molecule has 0 aliphatic carbocycles. The molecule has 0 heterocycles. The maximum atomic E-state index is 13.4. The number of hydrogen-bond acceptors (Lipinski definition) is 2. The van der Waals surface area contributed by atoms with Crippen LogP contribution in [-0.2, 0) is 5.75 Å². The first-order chi connectivity index (χ1) is 10.4. The Labute approximate surface area is 154 Å². The fraction of sp³-hybridized carbons (Fsp3) is 0.500. The smallest absolute Gasteiger partial charge is 0.356 e. The highest BCUT2D eigenvalue weighted by Gasteiger charge is 2.26. The molecule has 0 fully saturated rings. The summed E-state index contributed by atoms with van der Waals surface area (Å²) in [5, 5.41) is 5.51. The van der Waals surface area contributed by atoms with E-state index in [0.717, 1.165) is 0 Å². The van der Waals surface area contributed by atoms with E-state index < -0.39 is 12.6 Å². The zero-order valence-corrected chi connectivity index (χ0v) is 15.8. The Morgan fingerprint density at radius 3 is 2.43 bits per heavy atom. The summed E-state index contributed by atoms with van der Waals surface area (Å²) in [5.41, 5.74) is 0.639. The van der Waals surface area contributed by atoms with Crippen molar-refractivity contribution in [1.29, 1.82) is 0 Å². The second-order valence-corrected chi connectivity index (χ2v) is 5.54. The summed E-state index contributed by atoms with van der Waals surface area (Å²) in [5.74, 6) is 1.34. The van der Waals surface area contributed by atoms with Gasteiger partial charge in [0.25, 0.3) is 0 Å². The number of hydrogen-bond donors (Lipinski definition) is 2. The molecule has 0 aliphatic heterocycles. The van der Waals surface area contributed by atoms with E-state index in [2.05, 4.69) is 15.6 Å². The molecular formula is C14H20F4IN3S. The zero-order valence-electron chi connectivity index (χ0n) is 12.6. The molecule has 2 N–H and O–H groups in total. The highest BCUT2D eigenvalue weighted by molar-refractivity contribution is 14.0. The van der Waals surface area contributed by atoms with Crippen LogP contribution < -0.4 is 10.6 Å². The SMILES string of the molecule is CN=C(NCCSCc1ccccc1F)NCCC(F)(F)F.I. The summed E-state index contributed by atoms with van der Waals surface area (Å²) in [6.45, 7) is 0.316. The fourth-order valence-corrected chi connectivity index (χ4v) is 2.43. The number of benzene rings is 1. The van der Waals surface area contributed by atoms with Gasteiger partial charge in [0.05, 0.1) is 6.42 Å². The van der Waals surface area contributed by atoms with Crippen molar-refractivity contribution in [3.8, 4) is 0 Å². The van der Waals surface area contributed by atoms with Gasteiger partial charge in [-0.2, -0.15) is 24.9 Å². The molecule has 0 aromatic heterocycles. The van der Waals surface area contributed by atoms with Gasteiger partial charge >= 0.3 is 6.18 Å². The molecule has 0 atom stereocenters. The van der Waals surface area contributed by atoms with Gasteiger partial charge in [-0.15, -0.1) is 24.0 Å². The highest BCUT2D eigenvalue weighted by Crippen LogP contribution is 2.18. The van der Waals surface area contributed by atoms with Crippen LogP contribution in [0.1, 0.15) is 12.0 Å². The van der Waals surface area contributed by atoms with Crippen molar-refractivity contribution in [2.24, 2.45) is 4.99 Å². The van der Waals surface area contributed by atoms with Gasteiger partial charge in [0, 0.05) is 31.6 Å². The van der Waals surface area contributed by atoms with Gasteiger partial charge in [-0.05, 0) is 11.6 Å². The molecule has 1 rings (SSSR count). The van der Waals surface area contributed by atoms with Crippen molar-refractivity contribution in [2.45, 2.75) is 18.3 Å². The third-order valence-corrected chi connectivity index (χ3v) is 3.69. The van der Waals surface area contributed by atoms with Crippen LogP contribution in [0.15, 0.2) is 29.3 Å². The summed E-state index contributed by atoms with van der Waals surface area (Å²) in [6.07, 6.45) is -5.09. The number of thioether (sulfide) groups is 1. The maximum Gasteiger partial charge on any atom is 0.390 e. The predicted molar refractivity (Wildman–Crippen MR) is 98.0 cm³/mol. The number of alkyl halides is 3. The monoisotopic (exact) mass is 465 g/mol. The minimum Gasteiger partial charge on any atom is -0.356 e. The Hall–Kier alpha value is -0.710. The normalized spacial score (nSPS) is 11.8. The van der Waals surface area contributed by atoms with Gasteiger partial charge in [-0.3, -0.25) is 4.99 Å². The lowest BCUT2D eigenvalue weighted by molar-refractivity contribution is -0.132. The second kappa shape index (κ2) is 11.8. The Kier molecular flexibility index (Phi) is 11.4. The molecular weight excluding hydrogens is 445 g/mol. The maximum absolute atomic E-state index is 13.4. The highest BCUT2D eigenvalue weighted by atomic mass is 127. The van der Waals surface area contributed by atoms with Gasteiger partial charge in [0.15, 0.2) is 5.96 Å². The number of rotatable bonds is 7. The third kappa shape index (κ3) is 10.6. The Balaban J connectivity index is 0.00000484. The molecule has 3 nitrogen and oxygen atoms in total. The van der Waals surface area contributed by atoms with Crippen LogP contribution in [0.5, 0.6) is 0 Å². The van der Waals surface area contributed by atoms with Gasteiger partial charge in [-0.25, -0.2) is 4.39 Å². The Bertz CT molecular complexity index is 483. The van der Waals surface area contributed by atoms with Crippen LogP contribution in [0.2, 0.25) is 0 Å². The molecule has 0 amide bonds. The summed E-state index contributed by atoms with van der Waals surface area (Å²) in [6, 6.07) is 6.57. The van der Waals surface area contributed by atoms with Gasteiger partial charge in [0.2, 0.25) is 0 Å². The number of halogens is 5. The molecule has 0 radical (unpaired) electrons. The molecule has 0 aliphatic rings. The Morgan fingerprint density at radius 1 is 1.17 bits per heavy atom. The lowest BCUT2D eigenvalue weighted by atomic mass is 10.2. The number of nitrogens with zero attached hydrogens (tertiary/aromatic N) is 1. The second-order valence-electron chi connectivity index (χ2n) is 4.43. The molecule has 0 saturated heterocycles. The van der Waals surface area contributed by atoms with Gasteiger partial charge in [0.1, 0.15) is 5.82 Å². The molecule has 0 unspecified atom stereocenters. The average molecular weight is 465 g/mol. The largest absolute Gasteiger partial charge is 0.390 e. The van der Waals surface area contributed by atoms with Crippen LogP contribution in [0.25, 0.3) is 0 Å². The van der Waals surface area contributed by atoms with Crippen molar-refractivity contribution >= 4 is 41.7 Å². The van der Waals surface area contributed by atoms with Crippen molar-refractivity contribution in [3.63, 3.8) is 0 Å². The third-order valence-electron chi connectivity index (χ3n) is 2.68. The van der Waals surface area contributed by atoms with E-state index >= 15 is 0 Å². The van der Waals surface area contributed by atoms with E-state index in [1.54, 1.807) is 18.2 Å². The molecule has 9 heteroatoms. The lowest BCUT2D eigenvalue weighted by Crippen LogP contribution is -2.39. The number of guanidine groups is 1. The van der Waals surface area contributed by atoms with E-state index in [1.165, 1.54) is 24.9 Å². The van der Waals surface area contributed by atoms with E-state index in [4.69, 9.17) is 0 Å². The molecule has 1 aromatic carbocycles. The summed E-state index contributed by atoms with van der Waals surface area (Å²) < 4.78 is 49.4. The minimum absolute atomic E-state index is 0. The van der Waals surface area contributed by atoms with Crippen LogP contribution in [0.3, 0.4) is 0 Å². The topological polar surface area (TPSA) is 36.4 Å². The standard InChI is InChI=1S/C14H19F4N3S.HI/c1-19-13(20-7-6-14(16,17)18)21-8-9-22-10-11-4-2-3-5-12(11)15;/h2-5H,6-10H2,1H3,(H2,19,20,21);1H. The van der Waals surface area contributed by atoms with Crippen LogP contribution in [0.4, 0.5) is 17.6 Å². The van der Waals surface area contributed by atoms with E-state index in [1.807, 2.05) is 0 Å². The summed E-state index contributed by atoms with van der Waals surface area (Å²) >= 11 is 1.54. The number of aliphatic imine (C=N–C) groups is 1. The zero-order chi connectivity index (χ0) is 16.4. The van der Waals surface area contributed by atoms with Crippen LogP contribution in [0, 0.1) is 5.82 Å². The molecule has 0 bridgehead atoms. The average Bonchev–Trinajstić information content (AvgIpc) is 2.45. The summed E-state index contributed by atoms with van der Waals surface area (Å²) in [7, 11) is 1.50. The van der Waals surface area contributed by atoms with Gasteiger partial charge in [-0.1, -0.05) is 18.2 Å². The number of nitrogens with one attached hydrogen (secondary N) is 2. The van der Waals surface area contributed by atoms with E-state index in [9.17, 15) is 17.6 Å². The molecule has 0 saturated carbocycles. The molecule has 1 aromatic rings. The van der Waals surface area contributed by atoms with Crippen LogP contribution >= 0.6 is 35.7 Å². The Morgan fingerprint density at radius 2 is 1.83 bits per heavy atom. The minimum atomic E-state index is -4.18. The summed E-state index contributed by atoms with van der Waals surface area (Å²) in [4.78, 5) is 3.84. The molecule has 0 spiro atoms. The molecule has 132 valence electrons. The molecule has 23 heavy (non-hydrogen) atoms. The first-order valence-corrected chi connectivity index (χ1v) is 7.90. The fourth-order valence-electron chi connectivity index (χ4n) is 1.58. The predicted octanol–water partition coefficient (Wildman–Crippen LogP) is 3.79. The first-order valence-electron chi connectivity index (χ1n) is 6.75. The lowest BCUT2D eigenvalue weighted by Gasteiger charge is -2.12. The van der Waals surface area contributed by atoms with Gasteiger partial charge < -0.3 is 10.6 Å². The van der Waals surface area contributed by atoms with Crippen molar-refractivity contribution < 1.29 is 17.6 Å². The van der Waals surface area contributed by atoms with E-state index in [-0.39, 0.29) is 36.3 Å². The quantitative estimate of drug-likeness (QED) is 0.212. The van der Waals surface area contributed by atoms with Crippen LogP contribution in [-0.4, -0.2) is 38.0 Å². The van der Waals surface area contributed by atoms with E-state index in [0.29, 0.717) is 29.6 Å². The van der Waals surface area contributed by atoms with Crippen molar-refractivity contribution in [1.82, 2.24) is 10.6 Å². The van der Waals surface area contributed by atoms with Crippen molar-refractivity contribution in [3.05, 3.63) is 35.6 Å². The first kappa shape index (κ1) is 22.3. The van der Waals surface area contributed by atoms with Crippen molar-refractivity contribution in [2.75, 3.05) is 25.9 Å².